The molecule has 2 N–H and O–H groups in total. The normalized spacial score (nSPS) is 12.0. The van der Waals surface area contributed by atoms with Crippen LogP contribution in [0.3, 0.4) is 0 Å². The molecule has 208 valence electrons. The number of unbranched alkanes of at least 4 members (excludes halogenated alkanes) is 21. The van der Waals surface area contributed by atoms with E-state index in [1.807, 2.05) is 0 Å². The predicted molar refractivity (Wildman–Crippen MR) is 160 cm³/mol. The second-order valence-electron chi connectivity index (χ2n) is 10.7. The Hall–Kier alpha value is -0.900. The van der Waals surface area contributed by atoms with Crippen LogP contribution in [0.5, 0.6) is 0 Å². The van der Waals surface area contributed by atoms with Crippen molar-refractivity contribution in [3.63, 3.8) is 0 Å². The van der Waals surface area contributed by atoms with Crippen LogP contribution in [-0.2, 0) is 0 Å². The molecule has 0 aromatic rings. The van der Waals surface area contributed by atoms with Gasteiger partial charge in [0.25, 0.3) is 0 Å². The van der Waals surface area contributed by atoms with Gasteiger partial charge in [0.1, 0.15) is 5.84 Å². The summed E-state index contributed by atoms with van der Waals surface area (Å²) < 4.78 is 0. The number of hydrogen-bond acceptors (Lipinski definition) is 3. The lowest BCUT2D eigenvalue weighted by Gasteiger charge is -2.22. The van der Waals surface area contributed by atoms with E-state index in [4.69, 9.17) is 5.73 Å². The van der Waals surface area contributed by atoms with Gasteiger partial charge in [0, 0.05) is 19.7 Å². The molecule has 0 heterocycles. The maximum absolute atomic E-state index is 5.93. The standard InChI is InChI=1S/C31H64N4/c1-4-6-8-10-12-13-14-15-16-17-18-19-20-21-22-24-26-29-35(30-27-31(32)34-33-3)28-25-23-11-9-7-5-2/h3-30H2,1-2H3,(H2,32,34). The van der Waals surface area contributed by atoms with E-state index in [9.17, 15) is 0 Å². The van der Waals surface area contributed by atoms with E-state index in [2.05, 4.69) is 35.7 Å². The lowest BCUT2D eigenvalue weighted by Crippen LogP contribution is -2.30. The first-order chi connectivity index (χ1) is 17.2. The van der Waals surface area contributed by atoms with Gasteiger partial charge in [0.2, 0.25) is 0 Å². The zero-order valence-corrected chi connectivity index (χ0v) is 24.2. The molecule has 0 aliphatic carbocycles. The van der Waals surface area contributed by atoms with Gasteiger partial charge in [-0.1, -0.05) is 149 Å². The van der Waals surface area contributed by atoms with Gasteiger partial charge in [-0.3, -0.25) is 0 Å². The largest absolute Gasteiger partial charge is 0.386 e. The molecule has 0 fully saturated rings. The number of rotatable bonds is 29. The van der Waals surface area contributed by atoms with Gasteiger partial charge in [-0.2, -0.15) is 5.10 Å². The molecule has 0 amide bonds. The maximum atomic E-state index is 5.93. The minimum atomic E-state index is 0.607. The van der Waals surface area contributed by atoms with Gasteiger partial charge in [-0.05, 0) is 25.9 Å². The van der Waals surface area contributed by atoms with Crippen LogP contribution in [-0.4, -0.2) is 37.1 Å². The highest BCUT2D eigenvalue weighted by Crippen LogP contribution is 2.14. The molecule has 0 saturated heterocycles. The van der Waals surface area contributed by atoms with Crippen molar-refractivity contribution in [1.82, 2.24) is 4.90 Å². The van der Waals surface area contributed by atoms with Gasteiger partial charge in [0.15, 0.2) is 0 Å². The van der Waals surface area contributed by atoms with Crippen molar-refractivity contribution in [3.8, 4) is 0 Å². The molecule has 0 saturated carbocycles. The summed E-state index contributed by atoms with van der Waals surface area (Å²) in [6.45, 7) is 11.4. The van der Waals surface area contributed by atoms with Crippen LogP contribution >= 0.6 is 0 Å². The maximum Gasteiger partial charge on any atom is 0.123 e. The second-order valence-corrected chi connectivity index (χ2v) is 10.7. The fourth-order valence-corrected chi connectivity index (χ4v) is 4.92. The number of nitrogens with zero attached hydrogens (tertiary/aromatic N) is 3. The summed E-state index contributed by atoms with van der Waals surface area (Å²) in [6, 6.07) is 0. The van der Waals surface area contributed by atoms with Crippen molar-refractivity contribution in [2.45, 2.75) is 168 Å². The first kappa shape index (κ1) is 34.1. The highest BCUT2D eigenvalue weighted by molar-refractivity contribution is 5.80. The van der Waals surface area contributed by atoms with E-state index < -0.39 is 0 Å². The zero-order valence-electron chi connectivity index (χ0n) is 24.2. The molecule has 0 aliphatic rings. The lowest BCUT2D eigenvalue weighted by atomic mass is 10.0. The molecule has 0 bridgehead atoms. The van der Waals surface area contributed by atoms with E-state index in [0.29, 0.717) is 5.84 Å². The minimum Gasteiger partial charge on any atom is -0.386 e. The minimum absolute atomic E-state index is 0.607. The number of hydrogen-bond donors (Lipinski definition) is 1. The molecule has 35 heavy (non-hydrogen) atoms. The number of nitrogens with two attached hydrogens (primary N) is 1. The molecule has 4 heteroatoms. The summed E-state index contributed by atoms with van der Waals surface area (Å²) >= 11 is 0. The molecule has 0 rings (SSSR count). The van der Waals surface area contributed by atoms with Crippen LogP contribution in [0, 0.1) is 0 Å². The second kappa shape index (κ2) is 29.3. The highest BCUT2D eigenvalue weighted by Gasteiger charge is 2.06. The Kier molecular flexibility index (Phi) is 28.6. The van der Waals surface area contributed by atoms with Gasteiger partial charge < -0.3 is 10.6 Å². The van der Waals surface area contributed by atoms with E-state index in [0.717, 1.165) is 13.0 Å². The SMILES string of the molecule is C=N/N=C(\N)CCN(CCCCCCCC)CCCCCCCCCCCCCCCCCCC. The molecule has 0 aliphatic heterocycles. The van der Waals surface area contributed by atoms with Gasteiger partial charge in [-0.25, -0.2) is 0 Å². The Morgan fingerprint density at radius 2 is 0.829 bits per heavy atom. The molecule has 0 spiro atoms. The molecule has 0 radical (unpaired) electrons. The smallest absolute Gasteiger partial charge is 0.123 e. The molecule has 0 atom stereocenters. The third-order valence-electron chi connectivity index (χ3n) is 7.29. The average Bonchev–Trinajstić information content (AvgIpc) is 2.86. The van der Waals surface area contributed by atoms with Crippen LogP contribution < -0.4 is 5.73 Å². The van der Waals surface area contributed by atoms with Crippen molar-refractivity contribution in [1.29, 1.82) is 0 Å². The molecule has 4 nitrogen and oxygen atoms in total. The molecular formula is C31H64N4. The lowest BCUT2D eigenvalue weighted by molar-refractivity contribution is 0.267. The topological polar surface area (TPSA) is 54.0 Å². The third-order valence-corrected chi connectivity index (χ3v) is 7.29. The van der Waals surface area contributed by atoms with Crippen LogP contribution in [0.2, 0.25) is 0 Å². The molecular weight excluding hydrogens is 428 g/mol. The fourth-order valence-electron chi connectivity index (χ4n) is 4.92. The Morgan fingerprint density at radius 1 is 0.514 bits per heavy atom. The molecule has 0 unspecified atom stereocenters. The fraction of sp³-hybridized carbons (Fsp3) is 0.935. The van der Waals surface area contributed by atoms with Gasteiger partial charge in [-0.15, -0.1) is 5.10 Å². The van der Waals surface area contributed by atoms with E-state index in [1.165, 1.54) is 161 Å². The van der Waals surface area contributed by atoms with E-state index in [-0.39, 0.29) is 0 Å². The van der Waals surface area contributed by atoms with Crippen molar-refractivity contribution in [2.24, 2.45) is 15.9 Å². The molecule has 0 aromatic carbocycles. The van der Waals surface area contributed by atoms with E-state index >= 15 is 0 Å². The molecule has 0 aromatic heterocycles. The van der Waals surface area contributed by atoms with Gasteiger partial charge in [0.05, 0.1) is 0 Å². The quantitative estimate of drug-likeness (QED) is 0.0489. The van der Waals surface area contributed by atoms with Crippen molar-refractivity contribution < 1.29 is 0 Å². The Labute approximate surface area is 221 Å². The van der Waals surface area contributed by atoms with Crippen LogP contribution in [0.4, 0.5) is 0 Å². The Balaban J connectivity index is 3.65. The zero-order chi connectivity index (χ0) is 25.7. The van der Waals surface area contributed by atoms with Crippen molar-refractivity contribution >= 4 is 12.6 Å². The van der Waals surface area contributed by atoms with Crippen LogP contribution in [0.1, 0.15) is 168 Å². The highest BCUT2D eigenvalue weighted by atomic mass is 15.2. The first-order valence-corrected chi connectivity index (χ1v) is 15.7. The Bertz CT molecular complexity index is 449. The van der Waals surface area contributed by atoms with Gasteiger partial charge >= 0.3 is 0 Å². The summed E-state index contributed by atoms with van der Waals surface area (Å²) in [6.07, 6.45) is 33.2. The van der Waals surface area contributed by atoms with E-state index in [1.54, 1.807) is 0 Å². The van der Waals surface area contributed by atoms with Crippen molar-refractivity contribution in [3.05, 3.63) is 0 Å². The number of amidine groups is 1. The summed E-state index contributed by atoms with van der Waals surface area (Å²) in [5.41, 5.74) is 5.93. The monoisotopic (exact) mass is 493 g/mol. The van der Waals surface area contributed by atoms with Crippen LogP contribution in [0.25, 0.3) is 0 Å². The predicted octanol–water partition coefficient (Wildman–Crippen LogP) is 9.66. The van der Waals surface area contributed by atoms with Crippen molar-refractivity contribution in [2.75, 3.05) is 19.6 Å². The summed E-state index contributed by atoms with van der Waals surface area (Å²) in [4.78, 5) is 2.59. The first-order valence-electron chi connectivity index (χ1n) is 15.7. The van der Waals surface area contributed by atoms with Crippen LogP contribution in [0.15, 0.2) is 10.2 Å². The summed E-state index contributed by atoms with van der Waals surface area (Å²) in [7, 11) is 0. The summed E-state index contributed by atoms with van der Waals surface area (Å²) in [5, 5.41) is 7.45. The average molecular weight is 493 g/mol. The summed E-state index contributed by atoms with van der Waals surface area (Å²) in [5.74, 6) is 0.607. The Morgan fingerprint density at radius 3 is 1.14 bits per heavy atom. The third kappa shape index (κ3) is 27.5.